The van der Waals surface area contributed by atoms with E-state index in [4.69, 9.17) is 14.3 Å². The topological polar surface area (TPSA) is 140 Å². The zero-order valence-electron chi connectivity index (χ0n) is 20.5. The summed E-state index contributed by atoms with van der Waals surface area (Å²) in [5.41, 5.74) is 0.373. The number of nitrogens with one attached hydrogen (secondary N) is 1. The first-order valence-corrected chi connectivity index (χ1v) is 13.8. The summed E-state index contributed by atoms with van der Waals surface area (Å²) in [5.74, 6) is -0.541. The highest BCUT2D eigenvalue weighted by Gasteiger charge is 2.27. The van der Waals surface area contributed by atoms with Gasteiger partial charge in [-0.2, -0.15) is 4.31 Å². The summed E-state index contributed by atoms with van der Waals surface area (Å²) in [5, 5.41) is 16.5. The van der Waals surface area contributed by atoms with E-state index in [1.54, 1.807) is 27.3 Å². The van der Waals surface area contributed by atoms with E-state index in [0.29, 0.717) is 23.7 Å². The molecule has 2 atom stereocenters. The minimum atomic E-state index is -3.79. The Hall–Kier alpha value is -2.42. The molecule has 1 amide bonds. The second-order valence-electron chi connectivity index (χ2n) is 8.10. The Morgan fingerprint density at radius 1 is 1.25 bits per heavy atom. The van der Waals surface area contributed by atoms with E-state index in [0.717, 1.165) is 17.7 Å². The smallest absolute Gasteiger partial charge is 0.280 e. The van der Waals surface area contributed by atoms with Gasteiger partial charge >= 0.3 is 0 Å². The number of aliphatic hydroxyl groups excluding tert-OH is 1. The summed E-state index contributed by atoms with van der Waals surface area (Å²) in [6.07, 6.45) is 3.76. The van der Waals surface area contributed by atoms with Crippen LogP contribution in [0.2, 0.25) is 0 Å². The number of rotatable bonds is 13. The Kier molecular flexibility index (Phi) is 10.3. The van der Waals surface area contributed by atoms with E-state index in [1.807, 2.05) is 0 Å². The standard InChI is InChI=1S/C23H32N4O7S2/c1-4-27(11-12-28)36(30,31)20-9-5-16(6-10-20)21(26-34-18-8-7-17(13-18)33-3)22(29)25-23-24-14-19(35-23)15-32-2/h5-6,9-10,14,17-18,28H,4,7-8,11-13,15H2,1-3H3,(H,24,25,29)/t17-,18-/m1/s1. The van der Waals surface area contributed by atoms with Crippen molar-refractivity contribution < 1.29 is 32.6 Å². The highest BCUT2D eigenvalue weighted by molar-refractivity contribution is 7.89. The van der Waals surface area contributed by atoms with E-state index in [-0.39, 0.29) is 42.5 Å². The number of ether oxygens (including phenoxy) is 2. The monoisotopic (exact) mass is 540 g/mol. The van der Waals surface area contributed by atoms with Crippen molar-refractivity contribution in [3.8, 4) is 0 Å². The molecule has 198 valence electrons. The van der Waals surface area contributed by atoms with Crippen LogP contribution in [0.25, 0.3) is 0 Å². The van der Waals surface area contributed by atoms with Gasteiger partial charge in [0.05, 0.1) is 29.1 Å². The summed E-state index contributed by atoms with van der Waals surface area (Å²) < 4.78 is 37.4. The zero-order chi connectivity index (χ0) is 26.1. The molecule has 1 aromatic carbocycles. The minimum Gasteiger partial charge on any atom is -0.395 e. The first kappa shape index (κ1) is 28.2. The molecule has 1 saturated carbocycles. The number of sulfonamides is 1. The van der Waals surface area contributed by atoms with Crippen LogP contribution in [-0.4, -0.2) is 80.6 Å². The van der Waals surface area contributed by atoms with E-state index >= 15 is 0 Å². The molecular formula is C23H32N4O7S2. The van der Waals surface area contributed by atoms with Gasteiger partial charge in [-0.15, -0.1) is 0 Å². The molecule has 1 aromatic heterocycles. The maximum atomic E-state index is 13.2. The number of oxime groups is 1. The molecule has 1 fully saturated rings. The van der Waals surface area contributed by atoms with Crippen molar-refractivity contribution in [2.45, 2.75) is 49.9 Å². The van der Waals surface area contributed by atoms with Gasteiger partial charge in [0.1, 0.15) is 6.10 Å². The molecule has 0 saturated heterocycles. The quantitative estimate of drug-likeness (QED) is 0.291. The van der Waals surface area contributed by atoms with E-state index in [9.17, 15) is 18.3 Å². The highest BCUT2D eigenvalue weighted by atomic mass is 32.2. The third kappa shape index (κ3) is 7.08. The Balaban J connectivity index is 1.85. The Morgan fingerprint density at radius 3 is 2.58 bits per heavy atom. The normalized spacial score (nSPS) is 18.5. The van der Waals surface area contributed by atoms with Crippen LogP contribution in [-0.2, 0) is 35.7 Å². The number of thiazole rings is 1. The van der Waals surface area contributed by atoms with Crippen LogP contribution in [0.15, 0.2) is 40.5 Å². The van der Waals surface area contributed by atoms with Crippen LogP contribution < -0.4 is 5.32 Å². The lowest BCUT2D eigenvalue weighted by atomic mass is 10.1. The molecular weight excluding hydrogens is 508 g/mol. The largest absolute Gasteiger partial charge is 0.395 e. The lowest BCUT2D eigenvalue weighted by molar-refractivity contribution is -0.110. The van der Waals surface area contributed by atoms with Gasteiger partial charge in [-0.25, -0.2) is 13.4 Å². The average Bonchev–Trinajstić information content (AvgIpc) is 3.52. The Labute approximate surface area is 215 Å². The Bertz CT molecular complexity index is 1140. The number of likely N-dealkylation sites (N-methyl/N-ethyl adjacent to an activating group) is 1. The van der Waals surface area contributed by atoms with Crippen molar-refractivity contribution in [1.29, 1.82) is 0 Å². The molecule has 1 aliphatic rings. The van der Waals surface area contributed by atoms with E-state index in [1.165, 1.54) is 39.9 Å². The number of nitrogens with zero attached hydrogens (tertiary/aromatic N) is 3. The lowest BCUT2D eigenvalue weighted by Gasteiger charge is -2.19. The molecule has 0 aliphatic heterocycles. The van der Waals surface area contributed by atoms with Gasteiger partial charge in [-0.3, -0.25) is 10.1 Å². The van der Waals surface area contributed by atoms with Crippen LogP contribution in [0.5, 0.6) is 0 Å². The molecule has 36 heavy (non-hydrogen) atoms. The summed E-state index contributed by atoms with van der Waals surface area (Å²) in [7, 11) is -0.570. The average molecular weight is 541 g/mol. The third-order valence-corrected chi connectivity index (χ3v) is 8.58. The summed E-state index contributed by atoms with van der Waals surface area (Å²) in [4.78, 5) is 23.9. The fraction of sp³-hybridized carbons (Fsp3) is 0.522. The number of methoxy groups -OCH3 is 2. The van der Waals surface area contributed by atoms with Crippen molar-refractivity contribution >= 4 is 38.1 Å². The number of benzene rings is 1. The van der Waals surface area contributed by atoms with Crippen LogP contribution in [0.3, 0.4) is 0 Å². The second kappa shape index (κ2) is 13.2. The predicted molar refractivity (Wildman–Crippen MR) is 135 cm³/mol. The van der Waals surface area contributed by atoms with Gasteiger partial charge in [0, 0.05) is 45.5 Å². The van der Waals surface area contributed by atoms with Gasteiger partial charge in [0.2, 0.25) is 10.0 Å². The van der Waals surface area contributed by atoms with Gasteiger partial charge in [0.25, 0.3) is 5.91 Å². The van der Waals surface area contributed by atoms with E-state index < -0.39 is 15.9 Å². The molecule has 2 N–H and O–H groups in total. The Morgan fingerprint density at radius 2 is 1.97 bits per heavy atom. The van der Waals surface area contributed by atoms with Crippen molar-refractivity contribution in [3.63, 3.8) is 0 Å². The first-order chi connectivity index (χ1) is 17.3. The molecule has 0 unspecified atom stereocenters. The molecule has 2 aromatic rings. The second-order valence-corrected chi connectivity index (χ2v) is 11.2. The van der Waals surface area contributed by atoms with Crippen LogP contribution in [0.4, 0.5) is 5.13 Å². The van der Waals surface area contributed by atoms with Crippen molar-refractivity contribution in [2.24, 2.45) is 5.16 Å². The fourth-order valence-corrected chi connectivity index (χ4v) is 6.01. The maximum Gasteiger partial charge on any atom is 0.280 e. The number of hydrogen-bond acceptors (Lipinski definition) is 10. The summed E-state index contributed by atoms with van der Waals surface area (Å²) >= 11 is 1.28. The van der Waals surface area contributed by atoms with Gasteiger partial charge in [-0.1, -0.05) is 35.5 Å². The fourth-order valence-electron chi connectivity index (χ4n) is 3.79. The highest BCUT2D eigenvalue weighted by Crippen LogP contribution is 2.25. The van der Waals surface area contributed by atoms with Crippen molar-refractivity contribution in [2.75, 3.05) is 39.2 Å². The molecule has 3 rings (SSSR count). The molecule has 1 heterocycles. The van der Waals surface area contributed by atoms with Gasteiger partial charge < -0.3 is 19.4 Å². The zero-order valence-corrected chi connectivity index (χ0v) is 22.2. The number of anilines is 1. The summed E-state index contributed by atoms with van der Waals surface area (Å²) in [6, 6.07) is 5.83. The molecule has 0 spiro atoms. The number of aromatic nitrogens is 1. The van der Waals surface area contributed by atoms with Crippen LogP contribution in [0.1, 0.15) is 36.6 Å². The molecule has 1 aliphatic carbocycles. The van der Waals surface area contributed by atoms with Crippen LogP contribution >= 0.6 is 11.3 Å². The van der Waals surface area contributed by atoms with Crippen LogP contribution in [0, 0.1) is 0 Å². The van der Waals surface area contributed by atoms with Gasteiger partial charge in [-0.05, 0) is 25.0 Å². The first-order valence-electron chi connectivity index (χ1n) is 11.5. The van der Waals surface area contributed by atoms with Gasteiger partial charge in [0.15, 0.2) is 10.8 Å². The third-order valence-electron chi connectivity index (χ3n) is 5.71. The lowest BCUT2D eigenvalue weighted by Crippen LogP contribution is -2.33. The number of hydrogen-bond donors (Lipinski definition) is 2. The SMILES string of the molecule is CCN(CCO)S(=O)(=O)c1ccc(C(=NO[C@@H]2CC[C@@H](OC)C2)C(=O)Nc2ncc(COC)s2)cc1. The molecule has 13 heteroatoms. The maximum absolute atomic E-state index is 13.2. The van der Waals surface area contributed by atoms with Crippen molar-refractivity contribution in [3.05, 3.63) is 40.9 Å². The minimum absolute atomic E-state index is 0.00767. The number of amides is 1. The molecule has 0 radical (unpaired) electrons. The molecule has 0 bridgehead atoms. The number of aliphatic hydroxyl groups is 1. The summed E-state index contributed by atoms with van der Waals surface area (Å²) in [6.45, 7) is 2.00. The number of carbonyl (C=O) groups is 1. The molecule has 11 nitrogen and oxygen atoms in total. The predicted octanol–water partition coefficient (Wildman–Crippen LogP) is 2.22. The van der Waals surface area contributed by atoms with Crippen molar-refractivity contribution in [1.82, 2.24) is 9.29 Å². The number of carbonyl (C=O) groups excluding carboxylic acids is 1. The van der Waals surface area contributed by atoms with E-state index in [2.05, 4.69) is 15.5 Å².